The van der Waals surface area contributed by atoms with Gasteiger partial charge in [0.05, 0.1) is 11.2 Å². The van der Waals surface area contributed by atoms with Crippen molar-refractivity contribution in [1.29, 1.82) is 0 Å². The Bertz CT molecular complexity index is 504. The molecule has 1 heterocycles. The summed E-state index contributed by atoms with van der Waals surface area (Å²) in [5.41, 5.74) is 1.36. The van der Waals surface area contributed by atoms with Crippen LogP contribution in [0.4, 0.5) is 0 Å². The molecule has 102 valence electrons. The summed E-state index contributed by atoms with van der Waals surface area (Å²) < 4.78 is 5.32. The molecule has 0 amide bonds. The van der Waals surface area contributed by atoms with Gasteiger partial charge in [0.15, 0.2) is 0 Å². The summed E-state index contributed by atoms with van der Waals surface area (Å²) >= 11 is 1.75. The molecule has 1 unspecified atom stereocenters. The van der Waals surface area contributed by atoms with Crippen LogP contribution in [0, 0.1) is 6.92 Å². The Morgan fingerprint density at radius 1 is 1.16 bits per heavy atom. The molecule has 2 rings (SSSR count). The molecule has 2 nitrogen and oxygen atoms in total. The molecule has 1 aromatic carbocycles. The summed E-state index contributed by atoms with van der Waals surface area (Å²) in [6, 6.07) is 11.3. The molecule has 0 aliphatic carbocycles. The molecule has 1 atom stereocenters. The normalized spacial score (nSPS) is 12.6. The Balaban J connectivity index is 2.08. The van der Waals surface area contributed by atoms with Gasteiger partial charge in [-0.05, 0) is 43.7 Å². The molecule has 0 spiro atoms. The van der Waals surface area contributed by atoms with E-state index in [4.69, 9.17) is 4.42 Å². The zero-order valence-electron chi connectivity index (χ0n) is 11.8. The SMILES string of the molecule is CCNC(CC)c1ccc(Sc2ccoc2C)cc1. The highest BCUT2D eigenvalue weighted by Gasteiger charge is 2.08. The van der Waals surface area contributed by atoms with Gasteiger partial charge in [-0.25, -0.2) is 0 Å². The third-order valence-corrected chi connectivity index (χ3v) is 4.33. The number of hydrogen-bond donors (Lipinski definition) is 1. The van der Waals surface area contributed by atoms with Crippen LogP contribution in [-0.2, 0) is 0 Å². The van der Waals surface area contributed by atoms with E-state index in [1.807, 2.05) is 13.0 Å². The highest BCUT2D eigenvalue weighted by molar-refractivity contribution is 7.99. The standard InChI is InChI=1S/C16H21NOS/c1-4-15(17-5-2)13-6-8-14(9-7-13)19-16-10-11-18-12(16)3/h6-11,15,17H,4-5H2,1-3H3. The van der Waals surface area contributed by atoms with Crippen molar-refractivity contribution < 1.29 is 4.42 Å². The molecule has 0 aliphatic rings. The van der Waals surface area contributed by atoms with E-state index < -0.39 is 0 Å². The van der Waals surface area contributed by atoms with Crippen molar-refractivity contribution in [3.8, 4) is 0 Å². The van der Waals surface area contributed by atoms with Crippen LogP contribution in [-0.4, -0.2) is 6.54 Å². The van der Waals surface area contributed by atoms with Gasteiger partial charge in [0.1, 0.15) is 5.76 Å². The molecule has 1 aromatic heterocycles. The summed E-state index contributed by atoms with van der Waals surface area (Å²) in [6.45, 7) is 7.36. The largest absolute Gasteiger partial charge is 0.468 e. The first-order valence-electron chi connectivity index (χ1n) is 6.79. The average molecular weight is 275 g/mol. The van der Waals surface area contributed by atoms with Gasteiger partial charge >= 0.3 is 0 Å². The number of nitrogens with one attached hydrogen (secondary N) is 1. The van der Waals surface area contributed by atoms with E-state index in [0.717, 1.165) is 18.7 Å². The van der Waals surface area contributed by atoms with Crippen molar-refractivity contribution in [2.24, 2.45) is 0 Å². The third kappa shape index (κ3) is 3.64. The van der Waals surface area contributed by atoms with Crippen LogP contribution in [0.5, 0.6) is 0 Å². The van der Waals surface area contributed by atoms with Crippen LogP contribution in [0.1, 0.15) is 37.6 Å². The summed E-state index contributed by atoms with van der Waals surface area (Å²) in [5, 5.41) is 3.50. The molecule has 0 saturated heterocycles. The molecule has 0 bridgehead atoms. The third-order valence-electron chi connectivity index (χ3n) is 3.18. The van der Waals surface area contributed by atoms with E-state index in [1.54, 1.807) is 18.0 Å². The van der Waals surface area contributed by atoms with Crippen LogP contribution in [0.2, 0.25) is 0 Å². The van der Waals surface area contributed by atoms with Crippen molar-refractivity contribution in [2.75, 3.05) is 6.54 Å². The van der Waals surface area contributed by atoms with Crippen molar-refractivity contribution in [1.82, 2.24) is 5.32 Å². The van der Waals surface area contributed by atoms with Crippen LogP contribution in [0.15, 0.2) is 50.8 Å². The minimum Gasteiger partial charge on any atom is -0.468 e. The lowest BCUT2D eigenvalue weighted by atomic mass is 10.1. The summed E-state index contributed by atoms with van der Waals surface area (Å²) in [4.78, 5) is 2.44. The van der Waals surface area contributed by atoms with Crippen LogP contribution in [0.3, 0.4) is 0 Å². The van der Waals surface area contributed by atoms with Crippen molar-refractivity contribution >= 4 is 11.8 Å². The van der Waals surface area contributed by atoms with Crippen molar-refractivity contribution in [2.45, 2.75) is 43.0 Å². The lowest BCUT2D eigenvalue weighted by molar-refractivity contribution is 0.527. The molecule has 1 N–H and O–H groups in total. The van der Waals surface area contributed by atoms with Gasteiger partial charge in [-0.1, -0.05) is 37.7 Å². The van der Waals surface area contributed by atoms with Crippen LogP contribution >= 0.6 is 11.8 Å². The summed E-state index contributed by atoms with van der Waals surface area (Å²) in [5.74, 6) is 0.980. The van der Waals surface area contributed by atoms with Gasteiger partial charge in [-0.3, -0.25) is 0 Å². The number of hydrogen-bond acceptors (Lipinski definition) is 3. The van der Waals surface area contributed by atoms with Gasteiger partial charge < -0.3 is 9.73 Å². The molecule has 19 heavy (non-hydrogen) atoms. The Labute approximate surface area is 119 Å². The summed E-state index contributed by atoms with van der Waals surface area (Å²) in [6.07, 6.45) is 2.85. The fraction of sp³-hybridized carbons (Fsp3) is 0.375. The second-order valence-corrected chi connectivity index (χ2v) is 5.65. The Kier molecular flexibility index (Phi) is 5.11. The zero-order valence-corrected chi connectivity index (χ0v) is 12.6. The first-order valence-corrected chi connectivity index (χ1v) is 7.61. The van der Waals surface area contributed by atoms with Gasteiger partial charge in [0.2, 0.25) is 0 Å². The van der Waals surface area contributed by atoms with Gasteiger partial charge in [-0.15, -0.1) is 0 Å². The van der Waals surface area contributed by atoms with Crippen LogP contribution in [0.25, 0.3) is 0 Å². The fourth-order valence-electron chi connectivity index (χ4n) is 2.12. The number of benzene rings is 1. The molecule has 3 heteroatoms. The Hall–Kier alpha value is -1.19. The average Bonchev–Trinajstić information content (AvgIpc) is 2.83. The van der Waals surface area contributed by atoms with E-state index in [-0.39, 0.29) is 0 Å². The van der Waals surface area contributed by atoms with E-state index >= 15 is 0 Å². The fourth-order valence-corrected chi connectivity index (χ4v) is 2.96. The monoisotopic (exact) mass is 275 g/mol. The Morgan fingerprint density at radius 3 is 2.42 bits per heavy atom. The molecule has 0 radical (unpaired) electrons. The van der Waals surface area contributed by atoms with Gasteiger partial charge in [-0.2, -0.15) is 0 Å². The quantitative estimate of drug-likeness (QED) is 0.819. The minimum absolute atomic E-state index is 0.458. The number of aryl methyl sites for hydroxylation is 1. The number of furan rings is 1. The maximum atomic E-state index is 5.32. The maximum Gasteiger partial charge on any atom is 0.114 e. The maximum absolute atomic E-state index is 5.32. The van der Waals surface area contributed by atoms with E-state index in [0.29, 0.717) is 6.04 Å². The molecule has 0 aliphatic heterocycles. The minimum atomic E-state index is 0.458. The molecule has 0 fully saturated rings. The highest BCUT2D eigenvalue weighted by Crippen LogP contribution is 2.31. The molecular formula is C16H21NOS. The van der Waals surface area contributed by atoms with Gasteiger partial charge in [0.25, 0.3) is 0 Å². The second kappa shape index (κ2) is 6.83. The first-order chi connectivity index (χ1) is 9.24. The van der Waals surface area contributed by atoms with E-state index in [1.165, 1.54) is 15.4 Å². The molecular weight excluding hydrogens is 254 g/mol. The summed E-state index contributed by atoms with van der Waals surface area (Å²) in [7, 11) is 0. The second-order valence-electron chi connectivity index (χ2n) is 4.53. The van der Waals surface area contributed by atoms with Crippen LogP contribution < -0.4 is 5.32 Å². The zero-order chi connectivity index (χ0) is 13.7. The smallest absolute Gasteiger partial charge is 0.114 e. The molecule has 2 aromatic rings. The topological polar surface area (TPSA) is 25.2 Å². The Morgan fingerprint density at radius 2 is 1.89 bits per heavy atom. The van der Waals surface area contributed by atoms with Crippen molar-refractivity contribution in [3.63, 3.8) is 0 Å². The lowest BCUT2D eigenvalue weighted by Gasteiger charge is -2.16. The van der Waals surface area contributed by atoms with Gasteiger partial charge in [0, 0.05) is 10.9 Å². The lowest BCUT2D eigenvalue weighted by Crippen LogP contribution is -2.19. The first kappa shape index (κ1) is 14.2. The van der Waals surface area contributed by atoms with E-state index in [9.17, 15) is 0 Å². The van der Waals surface area contributed by atoms with E-state index in [2.05, 4.69) is 43.4 Å². The highest BCUT2D eigenvalue weighted by atomic mass is 32.2. The predicted octanol–water partition coefficient (Wildman–Crippen LogP) is 4.80. The molecule has 0 saturated carbocycles. The predicted molar refractivity (Wildman–Crippen MR) is 80.7 cm³/mol. The number of rotatable bonds is 6. The van der Waals surface area contributed by atoms with Crippen molar-refractivity contribution in [3.05, 3.63) is 47.9 Å².